The first-order valence-corrected chi connectivity index (χ1v) is 5.94. The molecule has 1 amide bonds. The van der Waals surface area contributed by atoms with Crippen molar-refractivity contribution in [1.29, 1.82) is 0 Å². The van der Waals surface area contributed by atoms with Crippen LogP contribution in [0.1, 0.15) is 25.7 Å². The molecule has 0 saturated carbocycles. The van der Waals surface area contributed by atoms with Crippen LogP contribution in [-0.2, 0) is 9.53 Å². The van der Waals surface area contributed by atoms with E-state index in [1.807, 2.05) is 0 Å². The standard InChI is InChI=1S/C13H17NO3/c15-11-5-3-10(4-6-11)14-13(16)8-7-12-2-1-9-17-12/h3-6,12,15H,1-2,7-9H2,(H,14,16). The number of phenols is 1. The second kappa shape index (κ2) is 5.68. The fourth-order valence-corrected chi connectivity index (χ4v) is 1.93. The van der Waals surface area contributed by atoms with Gasteiger partial charge in [-0.1, -0.05) is 0 Å². The van der Waals surface area contributed by atoms with Crippen molar-refractivity contribution >= 4 is 11.6 Å². The van der Waals surface area contributed by atoms with Crippen molar-refractivity contribution in [3.05, 3.63) is 24.3 Å². The third-order valence-electron chi connectivity index (χ3n) is 2.87. The van der Waals surface area contributed by atoms with Crippen molar-refractivity contribution in [1.82, 2.24) is 0 Å². The lowest BCUT2D eigenvalue weighted by Gasteiger charge is -2.09. The molecule has 1 heterocycles. The summed E-state index contributed by atoms with van der Waals surface area (Å²) in [4.78, 5) is 11.6. The molecule has 4 nitrogen and oxygen atoms in total. The number of benzene rings is 1. The number of aromatic hydroxyl groups is 1. The molecular formula is C13H17NO3. The molecule has 1 aliphatic heterocycles. The van der Waals surface area contributed by atoms with Gasteiger partial charge in [0.15, 0.2) is 0 Å². The molecule has 0 radical (unpaired) electrons. The Morgan fingerprint density at radius 2 is 2.18 bits per heavy atom. The van der Waals surface area contributed by atoms with Crippen molar-refractivity contribution in [3.8, 4) is 5.75 Å². The number of carbonyl (C=O) groups is 1. The Balaban J connectivity index is 1.74. The zero-order chi connectivity index (χ0) is 12.1. The van der Waals surface area contributed by atoms with Gasteiger partial charge in [-0.05, 0) is 43.5 Å². The minimum Gasteiger partial charge on any atom is -0.508 e. The van der Waals surface area contributed by atoms with Crippen LogP contribution in [0.25, 0.3) is 0 Å². The van der Waals surface area contributed by atoms with Crippen LogP contribution in [-0.4, -0.2) is 23.7 Å². The number of hydrogen-bond acceptors (Lipinski definition) is 3. The summed E-state index contributed by atoms with van der Waals surface area (Å²) in [5.41, 5.74) is 0.708. The summed E-state index contributed by atoms with van der Waals surface area (Å²) in [5, 5.41) is 11.9. The number of hydrogen-bond donors (Lipinski definition) is 2. The second-order valence-electron chi connectivity index (χ2n) is 4.27. The fraction of sp³-hybridized carbons (Fsp3) is 0.462. The largest absolute Gasteiger partial charge is 0.508 e. The highest BCUT2D eigenvalue weighted by Crippen LogP contribution is 2.18. The number of anilines is 1. The van der Waals surface area contributed by atoms with Crippen molar-refractivity contribution in [2.24, 2.45) is 0 Å². The SMILES string of the molecule is O=C(CCC1CCCO1)Nc1ccc(O)cc1. The summed E-state index contributed by atoms with van der Waals surface area (Å²) in [6.45, 7) is 0.824. The molecule has 0 spiro atoms. The van der Waals surface area contributed by atoms with Crippen LogP contribution >= 0.6 is 0 Å². The molecule has 1 atom stereocenters. The van der Waals surface area contributed by atoms with Crippen LogP contribution in [0.4, 0.5) is 5.69 Å². The van der Waals surface area contributed by atoms with E-state index in [1.54, 1.807) is 24.3 Å². The van der Waals surface area contributed by atoms with E-state index in [1.165, 1.54) is 0 Å². The second-order valence-corrected chi connectivity index (χ2v) is 4.27. The van der Waals surface area contributed by atoms with Crippen molar-refractivity contribution < 1.29 is 14.6 Å². The van der Waals surface area contributed by atoms with Gasteiger partial charge >= 0.3 is 0 Å². The summed E-state index contributed by atoms with van der Waals surface area (Å²) in [5.74, 6) is 0.188. The molecular weight excluding hydrogens is 218 g/mol. The fourth-order valence-electron chi connectivity index (χ4n) is 1.93. The maximum Gasteiger partial charge on any atom is 0.224 e. The molecule has 92 valence electrons. The quantitative estimate of drug-likeness (QED) is 0.787. The Bertz CT molecular complexity index is 369. The third kappa shape index (κ3) is 3.75. The minimum absolute atomic E-state index is 0.00816. The van der Waals surface area contributed by atoms with E-state index in [4.69, 9.17) is 9.84 Å². The highest BCUT2D eigenvalue weighted by Gasteiger charge is 2.16. The van der Waals surface area contributed by atoms with E-state index in [0.717, 1.165) is 25.9 Å². The van der Waals surface area contributed by atoms with E-state index in [0.29, 0.717) is 12.1 Å². The van der Waals surface area contributed by atoms with Crippen LogP contribution in [0.15, 0.2) is 24.3 Å². The lowest BCUT2D eigenvalue weighted by molar-refractivity contribution is -0.116. The van der Waals surface area contributed by atoms with Crippen LogP contribution in [0.2, 0.25) is 0 Å². The maximum atomic E-state index is 11.6. The molecule has 0 aliphatic carbocycles. The maximum absolute atomic E-state index is 11.6. The predicted molar refractivity (Wildman–Crippen MR) is 64.9 cm³/mol. The average molecular weight is 235 g/mol. The Morgan fingerprint density at radius 1 is 1.41 bits per heavy atom. The first-order chi connectivity index (χ1) is 8.24. The monoisotopic (exact) mass is 235 g/mol. The zero-order valence-electron chi connectivity index (χ0n) is 9.69. The Labute approximate surface area is 101 Å². The molecule has 0 aromatic heterocycles. The van der Waals surface area contributed by atoms with Gasteiger partial charge in [0.05, 0.1) is 6.10 Å². The Kier molecular flexibility index (Phi) is 3.98. The van der Waals surface area contributed by atoms with Gasteiger partial charge in [0, 0.05) is 18.7 Å². The van der Waals surface area contributed by atoms with E-state index < -0.39 is 0 Å². The van der Waals surface area contributed by atoms with Gasteiger partial charge in [0.2, 0.25) is 5.91 Å². The molecule has 17 heavy (non-hydrogen) atoms. The molecule has 1 aliphatic rings. The lowest BCUT2D eigenvalue weighted by atomic mass is 10.1. The van der Waals surface area contributed by atoms with Gasteiger partial charge < -0.3 is 15.2 Å². The number of ether oxygens (including phenoxy) is 1. The third-order valence-corrected chi connectivity index (χ3v) is 2.87. The molecule has 1 unspecified atom stereocenters. The Hall–Kier alpha value is -1.55. The summed E-state index contributed by atoms with van der Waals surface area (Å²) < 4.78 is 5.46. The predicted octanol–water partition coefficient (Wildman–Crippen LogP) is 2.29. The van der Waals surface area contributed by atoms with Gasteiger partial charge in [0.25, 0.3) is 0 Å². The minimum atomic E-state index is -0.00816. The first kappa shape index (κ1) is 11.9. The topological polar surface area (TPSA) is 58.6 Å². The number of phenolic OH excluding ortho intramolecular Hbond substituents is 1. The van der Waals surface area contributed by atoms with E-state index in [9.17, 15) is 4.79 Å². The van der Waals surface area contributed by atoms with Crippen molar-refractivity contribution in [2.75, 3.05) is 11.9 Å². The normalized spacial score (nSPS) is 19.2. The number of nitrogens with one attached hydrogen (secondary N) is 1. The van der Waals surface area contributed by atoms with Crippen LogP contribution in [0.3, 0.4) is 0 Å². The summed E-state index contributed by atoms with van der Waals surface area (Å²) in [6, 6.07) is 6.46. The van der Waals surface area contributed by atoms with Gasteiger partial charge in [-0.25, -0.2) is 0 Å². The average Bonchev–Trinajstić information content (AvgIpc) is 2.83. The molecule has 1 saturated heterocycles. The number of amides is 1. The molecule has 2 N–H and O–H groups in total. The molecule has 0 bridgehead atoms. The number of carbonyl (C=O) groups excluding carboxylic acids is 1. The number of rotatable bonds is 4. The van der Waals surface area contributed by atoms with Crippen molar-refractivity contribution in [2.45, 2.75) is 31.8 Å². The summed E-state index contributed by atoms with van der Waals surface area (Å²) >= 11 is 0. The van der Waals surface area contributed by atoms with Gasteiger partial charge in [-0.2, -0.15) is 0 Å². The van der Waals surface area contributed by atoms with E-state index in [-0.39, 0.29) is 17.8 Å². The van der Waals surface area contributed by atoms with Crippen LogP contribution in [0.5, 0.6) is 5.75 Å². The van der Waals surface area contributed by atoms with Crippen LogP contribution < -0.4 is 5.32 Å². The molecule has 1 aromatic rings. The highest BCUT2D eigenvalue weighted by atomic mass is 16.5. The van der Waals surface area contributed by atoms with Gasteiger partial charge in [-0.3, -0.25) is 4.79 Å². The zero-order valence-corrected chi connectivity index (χ0v) is 9.69. The Morgan fingerprint density at radius 3 is 2.82 bits per heavy atom. The van der Waals surface area contributed by atoms with Crippen molar-refractivity contribution in [3.63, 3.8) is 0 Å². The van der Waals surface area contributed by atoms with Gasteiger partial charge in [0.1, 0.15) is 5.75 Å². The molecule has 1 aromatic carbocycles. The highest BCUT2D eigenvalue weighted by molar-refractivity contribution is 5.90. The van der Waals surface area contributed by atoms with E-state index >= 15 is 0 Å². The van der Waals surface area contributed by atoms with Crippen LogP contribution in [0, 0.1) is 0 Å². The first-order valence-electron chi connectivity index (χ1n) is 5.94. The smallest absolute Gasteiger partial charge is 0.224 e. The lowest BCUT2D eigenvalue weighted by Crippen LogP contribution is -2.15. The molecule has 4 heteroatoms. The van der Waals surface area contributed by atoms with E-state index in [2.05, 4.69) is 5.32 Å². The van der Waals surface area contributed by atoms with Gasteiger partial charge in [-0.15, -0.1) is 0 Å². The molecule has 1 fully saturated rings. The summed E-state index contributed by atoms with van der Waals surface area (Å²) in [7, 11) is 0. The summed E-state index contributed by atoms with van der Waals surface area (Å²) in [6.07, 6.45) is 3.67. The molecule has 2 rings (SSSR count).